The molecule has 1 aromatic carbocycles. The Morgan fingerprint density at radius 2 is 2.14 bits per heavy atom. The Morgan fingerprint density at radius 3 is 2.81 bits per heavy atom. The predicted octanol–water partition coefficient (Wildman–Crippen LogP) is 1.59. The zero-order valence-corrected chi connectivity index (χ0v) is 11.7. The van der Waals surface area contributed by atoms with Crippen LogP contribution in [0.25, 0.3) is 0 Å². The topological polar surface area (TPSA) is 88.0 Å². The van der Waals surface area contributed by atoms with Crippen LogP contribution < -0.4 is 16.6 Å². The van der Waals surface area contributed by atoms with Gasteiger partial charge in [-0.2, -0.15) is 0 Å². The Labute approximate surface area is 126 Å². The second-order valence-corrected chi connectivity index (χ2v) is 4.50. The fourth-order valence-electron chi connectivity index (χ4n) is 1.60. The number of hydrogen-bond donors (Lipinski definition) is 3. The summed E-state index contributed by atoms with van der Waals surface area (Å²) in [6.45, 7) is 0.226. The van der Waals surface area contributed by atoms with Gasteiger partial charge >= 0.3 is 0 Å². The van der Waals surface area contributed by atoms with Gasteiger partial charge in [-0.05, 0) is 24.3 Å². The highest BCUT2D eigenvalue weighted by Crippen LogP contribution is 2.20. The van der Waals surface area contributed by atoms with E-state index < -0.39 is 0 Å². The summed E-state index contributed by atoms with van der Waals surface area (Å²) < 4.78 is 0. The summed E-state index contributed by atoms with van der Waals surface area (Å²) >= 11 is 6.01. The highest BCUT2D eigenvalue weighted by molar-refractivity contribution is 6.31. The summed E-state index contributed by atoms with van der Waals surface area (Å²) in [5.74, 6) is 5.19. The number of pyridine rings is 1. The van der Waals surface area contributed by atoms with Crippen molar-refractivity contribution in [1.29, 1.82) is 0 Å². The Hall–Kier alpha value is -2.55. The molecule has 6 heteroatoms. The highest BCUT2D eigenvalue weighted by atomic mass is 35.5. The molecule has 0 saturated heterocycles. The van der Waals surface area contributed by atoms with Crippen LogP contribution in [0.4, 0.5) is 5.69 Å². The number of aromatic amines is 1. The summed E-state index contributed by atoms with van der Waals surface area (Å²) in [5.41, 5.74) is 6.54. The first-order chi connectivity index (χ1) is 10.1. The van der Waals surface area contributed by atoms with E-state index in [1.807, 2.05) is 0 Å². The minimum atomic E-state index is -0.341. The van der Waals surface area contributed by atoms with Gasteiger partial charge in [-0.1, -0.05) is 23.4 Å². The maximum atomic E-state index is 12.0. The number of nitrogens with two attached hydrogens (primary N) is 1. The molecule has 0 spiro atoms. The Bertz CT molecular complexity index is 767. The van der Waals surface area contributed by atoms with Crippen molar-refractivity contribution in [2.75, 3.05) is 11.9 Å². The molecule has 0 aliphatic rings. The molecule has 0 aliphatic carbocycles. The molecule has 2 rings (SSSR count). The van der Waals surface area contributed by atoms with Crippen LogP contribution in [-0.2, 0) is 0 Å². The van der Waals surface area contributed by atoms with Crippen LogP contribution in [0.15, 0.2) is 41.3 Å². The molecule has 1 aromatic heterocycles. The van der Waals surface area contributed by atoms with E-state index in [0.29, 0.717) is 21.8 Å². The number of carbonyl (C=O) groups excluding carboxylic acids is 1. The van der Waals surface area contributed by atoms with Crippen molar-refractivity contribution in [2.24, 2.45) is 5.73 Å². The number of amides is 1. The zero-order valence-electron chi connectivity index (χ0n) is 10.9. The van der Waals surface area contributed by atoms with Crippen LogP contribution in [0, 0.1) is 11.8 Å². The second kappa shape index (κ2) is 6.75. The first-order valence-electron chi connectivity index (χ1n) is 6.09. The third kappa shape index (κ3) is 3.96. The lowest BCUT2D eigenvalue weighted by atomic mass is 10.2. The molecule has 0 saturated carbocycles. The molecule has 4 N–H and O–H groups in total. The SMILES string of the molecule is NCC#Cc1cc(NC(=O)c2ccc(=O)[nH]c2)ccc1Cl. The summed E-state index contributed by atoms with van der Waals surface area (Å²) in [4.78, 5) is 25.4. The van der Waals surface area contributed by atoms with Crippen LogP contribution in [0.3, 0.4) is 0 Å². The largest absolute Gasteiger partial charge is 0.328 e. The van der Waals surface area contributed by atoms with Crippen molar-refractivity contribution in [3.63, 3.8) is 0 Å². The van der Waals surface area contributed by atoms with Crippen molar-refractivity contribution in [1.82, 2.24) is 4.98 Å². The van der Waals surface area contributed by atoms with Gasteiger partial charge in [0.05, 0.1) is 17.1 Å². The third-order valence-electron chi connectivity index (χ3n) is 2.60. The molecule has 0 bridgehead atoms. The van der Waals surface area contributed by atoms with Gasteiger partial charge in [-0.3, -0.25) is 9.59 Å². The van der Waals surface area contributed by atoms with Gasteiger partial charge in [-0.25, -0.2) is 0 Å². The van der Waals surface area contributed by atoms with Crippen LogP contribution in [0.5, 0.6) is 0 Å². The first kappa shape index (κ1) is 14.9. The predicted molar refractivity (Wildman–Crippen MR) is 82.4 cm³/mol. The van der Waals surface area contributed by atoms with Crippen molar-refractivity contribution in [3.8, 4) is 11.8 Å². The van der Waals surface area contributed by atoms with E-state index in [1.165, 1.54) is 18.3 Å². The van der Waals surface area contributed by atoms with E-state index in [1.54, 1.807) is 18.2 Å². The number of aromatic nitrogens is 1. The lowest BCUT2D eigenvalue weighted by molar-refractivity contribution is 0.102. The smallest absolute Gasteiger partial charge is 0.257 e. The van der Waals surface area contributed by atoms with Crippen LogP contribution in [0.1, 0.15) is 15.9 Å². The number of H-pyrrole nitrogens is 1. The van der Waals surface area contributed by atoms with Crippen molar-refractivity contribution in [2.45, 2.75) is 0 Å². The fourth-order valence-corrected chi connectivity index (χ4v) is 1.76. The van der Waals surface area contributed by atoms with E-state index in [4.69, 9.17) is 17.3 Å². The number of anilines is 1. The molecule has 21 heavy (non-hydrogen) atoms. The molecular formula is C15H12ClN3O2. The highest BCUT2D eigenvalue weighted by Gasteiger charge is 2.07. The summed E-state index contributed by atoms with van der Waals surface area (Å²) in [6.07, 6.45) is 1.35. The molecule has 0 aliphatic heterocycles. The lowest BCUT2D eigenvalue weighted by Crippen LogP contribution is -2.14. The van der Waals surface area contributed by atoms with Gasteiger partial charge in [0.2, 0.25) is 5.56 Å². The molecule has 0 atom stereocenters. The van der Waals surface area contributed by atoms with Crippen molar-refractivity contribution >= 4 is 23.2 Å². The van der Waals surface area contributed by atoms with E-state index >= 15 is 0 Å². The molecule has 106 valence electrons. The molecule has 0 radical (unpaired) electrons. The number of benzene rings is 1. The normalized spacial score (nSPS) is 9.62. The van der Waals surface area contributed by atoms with Crippen LogP contribution in [-0.4, -0.2) is 17.4 Å². The van der Waals surface area contributed by atoms with E-state index in [2.05, 4.69) is 22.1 Å². The molecule has 1 amide bonds. The average molecular weight is 302 g/mol. The second-order valence-electron chi connectivity index (χ2n) is 4.10. The molecular weight excluding hydrogens is 290 g/mol. The molecule has 2 aromatic rings. The minimum Gasteiger partial charge on any atom is -0.328 e. The number of hydrogen-bond acceptors (Lipinski definition) is 3. The number of nitrogens with one attached hydrogen (secondary N) is 2. The van der Waals surface area contributed by atoms with E-state index in [-0.39, 0.29) is 18.0 Å². The fraction of sp³-hybridized carbons (Fsp3) is 0.0667. The summed E-state index contributed by atoms with van der Waals surface area (Å²) in [5, 5.41) is 3.19. The van der Waals surface area contributed by atoms with Gasteiger partial charge in [0.25, 0.3) is 5.91 Å². The molecule has 0 fully saturated rings. The average Bonchev–Trinajstić information content (AvgIpc) is 2.48. The number of carbonyl (C=O) groups is 1. The standard InChI is InChI=1S/C15H12ClN3O2/c16-13-5-4-12(8-10(13)2-1-7-17)19-15(21)11-3-6-14(20)18-9-11/h3-6,8-9H,7,17H2,(H,18,20)(H,19,21). The quantitative estimate of drug-likeness (QED) is 0.736. The van der Waals surface area contributed by atoms with Gasteiger partial charge < -0.3 is 16.0 Å². The molecule has 1 heterocycles. The monoisotopic (exact) mass is 301 g/mol. The minimum absolute atomic E-state index is 0.226. The maximum absolute atomic E-state index is 12.0. The Morgan fingerprint density at radius 1 is 1.33 bits per heavy atom. The van der Waals surface area contributed by atoms with Gasteiger partial charge in [-0.15, -0.1) is 0 Å². The Kier molecular flexibility index (Phi) is 4.77. The van der Waals surface area contributed by atoms with Gasteiger partial charge in [0.1, 0.15) is 0 Å². The summed E-state index contributed by atoms with van der Waals surface area (Å²) in [6, 6.07) is 7.70. The van der Waals surface area contributed by atoms with Crippen molar-refractivity contribution < 1.29 is 4.79 Å². The van der Waals surface area contributed by atoms with Crippen LogP contribution in [0.2, 0.25) is 5.02 Å². The van der Waals surface area contributed by atoms with Gasteiger partial charge in [0.15, 0.2) is 0 Å². The zero-order chi connectivity index (χ0) is 15.2. The van der Waals surface area contributed by atoms with Crippen molar-refractivity contribution in [3.05, 3.63) is 63.0 Å². The first-order valence-corrected chi connectivity index (χ1v) is 6.46. The Balaban J connectivity index is 2.21. The summed E-state index contributed by atoms with van der Waals surface area (Å²) in [7, 11) is 0. The maximum Gasteiger partial charge on any atom is 0.257 e. The van der Waals surface area contributed by atoms with E-state index in [9.17, 15) is 9.59 Å². The number of rotatable bonds is 2. The third-order valence-corrected chi connectivity index (χ3v) is 2.93. The molecule has 0 unspecified atom stereocenters. The molecule has 5 nitrogen and oxygen atoms in total. The lowest BCUT2D eigenvalue weighted by Gasteiger charge is -2.06. The van der Waals surface area contributed by atoms with Crippen LogP contribution >= 0.6 is 11.6 Å². The van der Waals surface area contributed by atoms with Gasteiger partial charge in [0, 0.05) is 23.5 Å². The van der Waals surface area contributed by atoms with E-state index in [0.717, 1.165) is 0 Å². The number of halogens is 1.